The number of ether oxygens (including phenoxy) is 1. The highest BCUT2D eigenvalue weighted by atomic mass is 35.5. The Kier molecular flexibility index (Phi) is 4.75. The quantitative estimate of drug-likeness (QED) is 0.379. The van der Waals surface area contributed by atoms with Crippen LogP contribution in [0.25, 0.3) is 22.2 Å². The van der Waals surface area contributed by atoms with Gasteiger partial charge in [-0.25, -0.2) is 9.97 Å². The van der Waals surface area contributed by atoms with Crippen molar-refractivity contribution in [1.82, 2.24) is 24.3 Å². The minimum Gasteiger partial charge on any atom is -0.361 e. The summed E-state index contributed by atoms with van der Waals surface area (Å²) in [6.45, 7) is 8.24. The summed E-state index contributed by atoms with van der Waals surface area (Å²) in [5.41, 5.74) is 2.74. The monoisotopic (exact) mass is 363 g/mol. The molecular weight excluding hydrogens is 342 g/mol. The van der Waals surface area contributed by atoms with Crippen LogP contribution in [0.1, 0.15) is 0 Å². The lowest BCUT2D eigenvalue weighted by Crippen LogP contribution is -2.22. The van der Waals surface area contributed by atoms with Crippen molar-refractivity contribution in [2.24, 2.45) is 7.05 Å². The number of halogens is 1. The molecule has 0 aliphatic heterocycles. The van der Waals surface area contributed by atoms with Gasteiger partial charge in [-0.15, -0.1) is 0 Å². The molecule has 8 heteroatoms. The van der Waals surface area contributed by atoms with Crippen molar-refractivity contribution in [3.05, 3.63) is 30.1 Å². The first-order valence-electron chi connectivity index (χ1n) is 7.91. The van der Waals surface area contributed by atoms with Gasteiger partial charge in [0.2, 0.25) is 0 Å². The maximum atomic E-state index is 6.33. The molecule has 0 N–H and O–H groups in total. The molecule has 128 valence electrons. The van der Waals surface area contributed by atoms with Gasteiger partial charge in [-0.3, -0.25) is 4.68 Å². The molecule has 3 aromatic heterocycles. The van der Waals surface area contributed by atoms with Gasteiger partial charge in [0, 0.05) is 45.2 Å². The summed E-state index contributed by atoms with van der Waals surface area (Å²) in [7, 11) is 0.794. The standard InChI is InChI=1S/C16H22ClN5OSi/c1-21-8-12(7-20-21)13-9-22(11-23-5-6-24(2,3)4)16-14(13)15(17)18-10-19-16/h7-10H,5-6,11H2,1-4H3. The van der Waals surface area contributed by atoms with Crippen LogP contribution >= 0.6 is 11.6 Å². The van der Waals surface area contributed by atoms with Crippen molar-refractivity contribution in [2.45, 2.75) is 32.4 Å². The van der Waals surface area contributed by atoms with Crippen LogP contribution in [0.5, 0.6) is 0 Å². The van der Waals surface area contributed by atoms with Crippen LogP contribution in [0.4, 0.5) is 0 Å². The molecule has 0 atom stereocenters. The molecule has 0 aromatic carbocycles. The van der Waals surface area contributed by atoms with Gasteiger partial charge in [-0.05, 0) is 6.04 Å². The van der Waals surface area contributed by atoms with E-state index in [1.807, 2.05) is 30.2 Å². The summed E-state index contributed by atoms with van der Waals surface area (Å²) < 4.78 is 9.62. The zero-order chi connectivity index (χ0) is 17.3. The summed E-state index contributed by atoms with van der Waals surface area (Å²) in [4.78, 5) is 8.51. The minimum atomic E-state index is -1.09. The van der Waals surface area contributed by atoms with Gasteiger partial charge < -0.3 is 9.30 Å². The van der Waals surface area contributed by atoms with Crippen LogP contribution < -0.4 is 0 Å². The molecule has 3 aromatic rings. The largest absolute Gasteiger partial charge is 0.361 e. The fraction of sp³-hybridized carbons (Fsp3) is 0.438. The molecule has 0 radical (unpaired) electrons. The maximum Gasteiger partial charge on any atom is 0.147 e. The first-order valence-corrected chi connectivity index (χ1v) is 12.0. The van der Waals surface area contributed by atoms with Gasteiger partial charge in [0.15, 0.2) is 0 Å². The molecule has 0 bridgehead atoms. The molecule has 0 aliphatic rings. The van der Waals surface area contributed by atoms with E-state index in [2.05, 4.69) is 34.7 Å². The Bertz CT molecular complexity index is 852. The molecule has 0 amide bonds. The summed E-state index contributed by atoms with van der Waals surface area (Å²) in [5.74, 6) is 0. The van der Waals surface area contributed by atoms with E-state index in [0.717, 1.165) is 34.8 Å². The van der Waals surface area contributed by atoms with Gasteiger partial charge in [0.05, 0.1) is 11.6 Å². The number of aromatic nitrogens is 5. The van der Waals surface area contributed by atoms with Crippen molar-refractivity contribution in [3.63, 3.8) is 0 Å². The Balaban J connectivity index is 1.90. The second kappa shape index (κ2) is 6.66. The lowest BCUT2D eigenvalue weighted by atomic mass is 10.1. The number of aryl methyl sites for hydroxylation is 1. The fourth-order valence-corrected chi connectivity index (χ4v) is 3.49. The Morgan fingerprint density at radius 2 is 2.00 bits per heavy atom. The molecule has 0 saturated heterocycles. The van der Waals surface area contributed by atoms with E-state index < -0.39 is 8.07 Å². The van der Waals surface area contributed by atoms with Crippen LogP contribution in [-0.2, 0) is 18.5 Å². The lowest BCUT2D eigenvalue weighted by Gasteiger charge is -2.15. The van der Waals surface area contributed by atoms with Crippen LogP contribution in [-0.4, -0.2) is 39.0 Å². The second-order valence-corrected chi connectivity index (χ2v) is 13.1. The zero-order valence-electron chi connectivity index (χ0n) is 14.5. The molecule has 0 fully saturated rings. The summed E-state index contributed by atoms with van der Waals surface area (Å²) in [5, 5.41) is 5.52. The SMILES string of the molecule is Cn1cc(-c2cn(COCC[Si](C)(C)C)c3ncnc(Cl)c23)cn1. The first-order chi connectivity index (χ1) is 11.3. The van der Waals surface area contributed by atoms with Crippen LogP contribution in [0.2, 0.25) is 30.8 Å². The smallest absolute Gasteiger partial charge is 0.147 e. The van der Waals surface area contributed by atoms with E-state index >= 15 is 0 Å². The second-order valence-electron chi connectivity index (χ2n) is 7.13. The molecule has 0 unspecified atom stereocenters. The summed E-state index contributed by atoms with van der Waals surface area (Å²) in [6.07, 6.45) is 7.26. The highest BCUT2D eigenvalue weighted by Crippen LogP contribution is 2.33. The van der Waals surface area contributed by atoms with Crippen molar-refractivity contribution < 1.29 is 4.74 Å². The Hall–Kier alpha value is -1.70. The van der Waals surface area contributed by atoms with Gasteiger partial charge in [-0.2, -0.15) is 5.10 Å². The highest BCUT2D eigenvalue weighted by molar-refractivity contribution is 6.76. The minimum absolute atomic E-state index is 0.444. The normalized spacial score (nSPS) is 12.2. The molecule has 3 heterocycles. The Morgan fingerprint density at radius 3 is 2.67 bits per heavy atom. The third kappa shape index (κ3) is 3.68. The first kappa shape index (κ1) is 17.1. The van der Waals surface area contributed by atoms with Gasteiger partial charge in [0.1, 0.15) is 23.9 Å². The van der Waals surface area contributed by atoms with Crippen LogP contribution in [0.3, 0.4) is 0 Å². The van der Waals surface area contributed by atoms with Gasteiger partial charge in [0.25, 0.3) is 0 Å². The van der Waals surface area contributed by atoms with Crippen molar-refractivity contribution in [3.8, 4) is 11.1 Å². The highest BCUT2D eigenvalue weighted by Gasteiger charge is 2.17. The van der Waals surface area contributed by atoms with Crippen LogP contribution in [0.15, 0.2) is 24.9 Å². The fourth-order valence-electron chi connectivity index (χ4n) is 2.51. The number of fused-ring (bicyclic) bond motifs is 1. The van der Waals surface area contributed by atoms with E-state index in [0.29, 0.717) is 11.9 Å². The molecule has 0 spiro atoms. The number of hydrogen-bond acceptors (Lipinski definition) is 4. The molecule has 0 saturated carbocycles. The third-order valence-electron chi connectivity index (χ3n) is 3.85. The predicted octanol–water partition coefficient (Wildman–Crippen LogP) is 3.80. The molecule has 6 nitrogen and oxygen atoms in total. The average Bonchev–Trinajstić information content (AvgIpc) is 3.07. The van der Waals surface area contributed by atoms with E-state index in [9.17, 15) is 0 Å². The molecule has 3 rings (SSSR count). The van der Waals surface area contributed by atoms with Gasteiger partial charge >= 0.3 is 0 Å². The maximum absolute atomic E-state index is 6.33. The van der Waals surface area contributed by atoms with Crippen molar-refractivity contribution in [2.75, 3.05) is 6.61 Å². The Morgan fingerprint density at radius 1 is 1.21 bits per heavy atom. The summed E-state index contributed by atoms with van der Waals surface area (Å²) >= 11 is 6.33. The molecule has 0 aliphatic carbocycles. The average molecular weight is 364 g/mol. The lowest BCUT2D eigenvalue weighted by molar-refractivity contribution is 0.0899. The molecule has 24 heavy (non-hydrogen) atoms. The van der Waals surface area contributed by atoms with Crippen molar-refractivity contribution in [1.29, 1.82) is 0 Å². The van der Waals surface area contributed by atoms with E-state index in [1.165, 1.54) is 6.33 Å². The topological polar surface area (TPSA) is 57.8 Å². The summed E-state index contributed by atoms with van der Waals surface area (Å²) in [6, 6.07) is 1.14. The van der Waals surface area contributed by atoms with E-state index in [4.69, 9.17) is 16.3 Å². The zero-order valence-corrected chi connectivity index (χ0v) is 16.2. The predicted molar refractivity (Wildman–Crippen MR) is 98.8 cm³/mol. The van der Waals surface area contributed by atoms with E-state index in [-0.39, 0.29) is 0 Å². The number of hydrogen-bond donors (Lipinski definition) is 0. The Labute approximate surface area is 147 Å². The van der Waals surface area contributed by atoms with Crippen molar-refractivity contribution >= 4 is 30.7 Å². The number of rotatable bonds is 6. The van der Waals surface area contributed by atoms with Crippen LogP contribution in [0, 0.1) is 0 Å². The number of nitrogens with zero attached hydrogens (tertiary/aromatic N) is 5. The molecular formula is C16H22ClN5OSi. The van der Waals surface area contributed by atoms with Gasteiger partial charge in [-0.1, -0.05) is 31.2 Å². The van der Waals surface area contributed by atoms with E-state index in [1.54, 1.807) is 4.68 Å². The third-order valence-corrected chi connectivity index (χ3v) is 5.84.